The molecule has 2 aliphatic heterocycles. The average Bonchev–Trinajstić information content (AvgIpc) is 2.48. The number of piperidine rings is 2. The van der Waals surface area contributed by atoms with Crippen molar-refractivity contribution < 1.29 is 0 Å². The van der Waals surface area contributed by atoms with E-state index in [1.165, 1.54) is 37.1 Å². The molecule has 2 heterocycles. The standard InChI is InChI=1S/C17H26ClN3/c1-19-11-13-5-6-17(15(18)10-13)21-9-7-16-14(12-21)4-3-8-20(16)2/h5-6,10,14,16,19H,3-4,7-9,11-12H2,1-2H3. The van der Waals surface area contributed by atoms with Crippen LogP contribution in [0.4, 0.5) is 5.69 Å². The van der Waals surface area contributed by atoms with E-state index in [1.807, 2.05) is 7.05 Å². The fourth-order valence-corrected chi connectivity index (χ4v) is 4.31. The lowest BCUT2D eigenvalue weighted by Crippen LogP contribution is -2.52. The molecule has 116 valence electrons. The van der Waals surface area contributed by atoms with Crippen molar-refractivity contribution >= 4 is 17.3 Å². The van der Waals surface area contributed by atoms with Crippen LogP contribution >= 0.6 is 11.6 Å². The maximum atomic E-state index is 6.52. The molecule has 3 rings (SSSR count). The van der Waals surface area contributed by atoms with Gasteiger partial charge in [-0.15, -0.1) is 0 Å². The van der Waals surface area contributed by atoms with Crippen molar-refractivity contribution in [1.29, 1.82) is 0 Å². The highest BCUT2D eigenvalue weighted by Crippen LogP contribution is 2.35. The summed E-state index contributed by atoms with van der Waals surface area (Å²) in [5.74, 6) is 0.797. The number of nitrogens with one attached hydrogen (secondary N) is 1. The summed E-state index contributed by atoms with van der Waals surface area (Å²) in [6.45, 7) is 4.41. The lowest BCUT2D eigenvalue weighted by molar-refractivity contribution is 0.102. The summed E-state index contributed by atoms with van der Waals surface area (Å²) in [6.07, 6.45) is 3.96. The smallest absolute Gasteiger partial charge is 0.0642 e. The topological polar surface area (TPSA) is 18.5 Å². The van der Waals surface area contributed by atoms with E-state index in [2.05, 4.69) is 40.4 Å². The lowest BCUT2D eigenvalue weighted by atomic mass is 9.84. The van der Waals surface area contributed by atoms with E-state index in [1.54, 1.807) is 0 Å². The van der Waals surface area contributed by atoms with Crippen molar-refractivity contribution in [2.75, 3.05) is 38.6 Å². The number of benzene rings is 1. The maximum Gasteiger partial charge on any atom is 0.0642 e. The summed E-state index contributed by atoms with van der Waals surface area (Å²) >= 11 is 6.52. The zero-order valence-corrected chi connectivity index (χ0v) is 13.9. The zero-order valence-electron chi connectivity index (χ0n) is 13.1. The first-order valence-electron chi connectivity index (χ1n) is 8.07. The molecule has 0 saturated carbocycles. The fraction of sp³-hybridized carbons (Fsp3) is 0.647. The van der Waals surface area contributed by atoms with Gasteiger partial charge in [-0.1, -0.05) is 17.7 Å². The minimum absolute atomic E-state index is 0.775. The van der Waals surface area contributed by atoms with Gasteiger partial charge in [0.05, 0.1) is 10.7 Å². The second-order valence-electron chi connectivity index (χ2n) is 6.50. The van der Waals surface area contributed by atoms with Gasteiger partial charge in [0, 0.05) is 25.7 Å². The van der Waals surface area contributed by atoms with Crippen LogP contribution in [-0.4, -0.2) is 44.7 Å². The van der Waals surface area contributed by atoms with Gasteiger partial charge in [0.1, 0.15) is 0 Å². The molecule has 2 saturated heterocycles. The van der Waals surface area contributed by atoms with Crippen molar-refractivity contribution in [1.82, 2.24) is 10.2 Å². The van der Waals surface area contributed by atoms with Crippen LogP contribution in [0.2, 0.25) is 5.02 Å². The molecular formula is C17H26ClN3. The molecule has 0 radical (unpaired) electrons. The molecule has 0 spiro atoms. The van der Waals surface area contributed by atoms with E-state index < -0.39 is 0 Å². The van der Waals surface area contributed by atoms with Gasteiger partial charge in [-0.3, -0.25) is 0 Å². The third-order valence-corrected chi connectivity index (χ3v) is 5.38. The molecule has 2 atom stereocenters. The van der Waals surface area contributed by atoms with Gasteiger partial charge in [-0.25, -0.2) is 0 Å². The number of nitrogens with zero attached hydrogens (tertiary/aromatic N) is 2. The number of fused-ring (bicyclic) bond motifs is 1. The van der Waals surface area contributed by atoms with Gasteiger partial charge in [0.25, 0.3) is 0 Å². The van der Waals surface area contributed by atoms with E-state index in [0.29, 0.717) is 0 Å². The van der Waals surface area contributed by atoms with E-state index in [4.69, 9.17) is 11.6 Å². The molecule has 1 aromatic rings. The second-order valence-corrected chi connectivity index (χ2v) is 6.91. The molecule has 0 amide bonds. The van der Waals surface area contributed by atoms with Crippen molar-refractivity contribution in [2.45, 2.75) is 31.8 Å². The van der Waals surface area contributed by atoms with Gasteiger partial charge in [-0.2, -0.15) is 0 Å². The highest BCUT2D eigenvalue weighted by molar-refractivity contribution is 6.33. The summed E-state index contributed by atoms with van der Waals surface area (Å²) in [5, 5.41) is 4.07. The monoisotopic (exact) mass is 307 g/mol. The number of likely N-dealkylation sites (tertiary alicyclic amines) is 1. The average molecular weight is 308 g/mol. The molecule has 2 fully saturated rings. The molecular weight excluding hydrogens is 282 g/mol. The third-order valence-electron chi connectivity index (χ3n) is 5.08. The normalized spacial score (nSPS) is 26.7. The zero-order chi connectivity index (χ0) is 14.8. The Morgan fingerprint density at radius 1 is 1.29 bits per heavy atom. The molecule has 2 aliphatic rings. The molecule has 3 nitrogen and oxygen atoms in total. The summed E-state index contributed by atoms with van der Waals surface area (Å²) in [6, 6.07) is 7.27. The van der Waals surface area contributed by atoms with Crippen LogP contribution < -0.4 is 10.2 Å². The van der Waals surface area contributed by atoms with Crippen molar-refractivity contribution in [3.05, 3.63) is 28.8 Å². The Bertz CT molecular complexity index is 491. The number of halogens is 1. The number of rotatable bonds is 3. The van der Waals surface area contributed by atoms with Crippen LogP contribution in [0, 0.1) is 5.92 Å². The van der Waals surface area contributed by atoms with Gasteiger partial charge in [-0.05, 0) is 63.5 Å². The van der Waals surface area contributed by atoms with Gasteiger partial charge >= 0.3 is 0 Å². The summed E-state index contributed by atoms with van der Waals surface area (Å²) in [5.41, 5.74) is 2.46. The van der Waals surface area contributed by atoms with Crippen LogP contribution in [0.1, 0.15) is 24.8 Å². The molecule has 0 aliphatic carbocycles. The predicted octanol–water partition coefficient (Wildman–Crippen LogP) is 2.98. The summed E-state index contributed by atoms with van der Waals surface area (Å²) in [7, 11) is 4.25. The van der Waals surface area contributed by atoms with Crippen LogP contribution in [0.3, 0.4) is 0 Å². The quantitative estimate of drug-likeness (QED) is 0.926. The first kappa shape index (κ1) is 15.1. The highest BCUT2D eigenvalue weighted by Gasteiger charge is 2.34. The summed E-state index contributed by atoms with van der Waals surface area (Å²) < 4.78 is 0. The molecule has 0 bridgehead atoms. The second kappa shape index (κ2) is 6.55. The van der Waals surface area contributed by atoms with E-state index >= 15 is 0 Å². The molecule has 1 N–H and O–H groups in total. The van der Waals surface area contributed by atoms with Crippen molar-refractivity contribution in [3.63, 3.8) is 0 Å². The van der Waals surface area contributed by atoms with Gasteiger partial charge in [0.15, 0.2) is 0 Å². The largest absolute Gasteiger partial charge is 0.370 e. The Balaban J connectivity index is 1.73. The maximum absolute atomic E-state index is 6.52. The van der Waals surface area contributed by atoms with E-state index in [9.17, 15) is 0 Å². The third kappa shape index (κ3) is 3.20. The molecule has 0 aromatic heterocycles. The van der Waals surface area contributed by atoms with E-state index in [-0.39, 0.29) is 0 Å². The lowest BCUT2D eigenvalue weighted by Gasteiger charge is -2.46. The number of hydrogen-bond donors (Lipinski definition) is 1. The van der Waals surface area contributed by atoms with E-state index in [0.717, 1.165) is 36.6 Å². The first-order valence-corrected chi connectivity index (χ1v) is 8.45. The van der Waals surface area contributed by atoms with Gasteiger partial charge < -0.3 is 15.1 Å². The minimum atomic E-state index is 0.775. The Morgan fingerprint density at radius 2 is 2.14 bits per heavy atom. The highest BCUT2D eigenvalue weighted by atomic mass is 35.5. The molecule has 1 aromatic carbocycles. The van der Waals surface area contributed by atoms with Gasteiger partial charge in [0.2, 0.25) is 0 Å². The number of hydrogen-bond acceptors (Lipinski definition) is 3. The SMILES string of the molecule is CNCc1ccc(N2CCC3C(CCCN3C)C2)c(Cl)c1. The predicted molar refractivity (Wildman–Crippen MR) is 90.2 cm³/mol. The Hall–Kier alpha value is -0.770. The minimum Gasteiger partial charge on any atom is -0.370 e. The number of anilines is 1. The van der Waals surface area contributed by atoms with Crippen molar-refractivity contribution in [2.24, 2.45) is 5.92 Å². The fourth-order valence-electron chi connectivity index (χ4n) is 3.99. The van der Waals surface area contributed by atoms with Crippen LogP contribution in [-0.2, 0) is 6.54 Å². The Labute approximate surface area is 133 Å². The Kier molecular flexibility index (Phi) is 4.72. The molecule has 21 heavy (non-hydrogen) atoms. The van der Waals surface area contributed by atoms with Crippen LogP contribution in [0.15, 0.2) is 18.2 Å². The molecule has 4 heteroatoms. The summed E-state index contributed by atoms with van der Waals surface area (Å²) in [4.78, 5) is 5.05. The first-order chi connectivity index (χ1) is 10.2. The van der Waals surface area contributed by atoms with Crippen LogP contribution in [0.5, 0.6) is 0 Å². The van der Waals surface area contributed by atoms with Crippen molar-refractivity contribution in [3.8, 4) is 0 Å². The Morgan fingerprint density at radius 3 is 2.90 bits per heavy atom. The molecule has 2 unspecified atom stereocenters. The van der Waals surface area contributed by atoms with Crippen LogP contribution in [0.25, 0.3) is 0 Å².